The Kier molecular flexibility index (Phi) is 5.05. The summed E-state index contributed by atoms with van der Waals surface area (Å²) in [5.41, 5.74) is 0.0648. The first-order chi connectivity index (χ1) is 9.90. The highest BCUT2D eigenvalue weighted by Crippen LogP contribution is 2.35. The van der Waals surface area contributed by atoms with Crippen LogP contribution in [0.15, 0.2) is 18.2 Å². The highest BCUT2D eigenvalue weighted by molar-refractivity contribution is 5.31. The van der Waals surface area contributed by atoms with Gasteiger partial charge in [0.05, 0.1) is 13.5 Å². The fraction of sp³-hybridized carbons (Fsp3) is 0.571. The van der Waals surface area contributed by atoms with E-state index in [1.807, 2.05) is 0 Å². The molecule has 21 heavy (non-hydrogen) atoms. The summed E-state index contributed by atoms with van der Waals surface area (Å²) in [6.07, 6.45) is -5.40. The van der Waals surface area contributed by atoms with Crippen molar-refractivity contribution in [2.75, 3.05) is 33.3 Å². The quantitative estimate of drug-likeness (QED) is 0.866. The monoisotopic (exact) mass is 306 g/mol. The van der Waals surface area contributed by atoms with Crippen molar-refractivity contribution < 1.29 is 22.3 Å². The predicted octanol–water partition coefficient (Wildman–Crippen LogP) is 2.73. The Balaban J connectivity index is 2.29. The minimum atomic E-state index is -4.35. The van der Waals surface area contributed by atoms with Crippen LogP contribution in [-0.4, -0.2) is 44.4 Å². The molecule has 118 valence electrons. The van der Waals surface area contributed by atoms with E-state index in [9.17, 15) is 17.6 Å². The summed E-state index contributed by atoms with van der Waals surface area (Å²) in [5, 5.41) is 3.08. The van der Waals surface area contributed by atoms with Crippen LogP contribution in [0.1, 0.15) is 18.0 Å². The van der Waals surface area contributed by atoms with Gasteiger partial charge in [0.25, 0.3) is 0 Å². The lowest BCUT2D eigenvalue weighted by Crippen LogP contribution is -2.46. The van der Waals surface area contributed by atoms with Gasteiger partial charge in [-0.05, 0) is 6.07 Å². The minimum absolute atomic E-state index is 0.0648. The van der Waals surface area contributed by atoms with E-state index in [0.717, 1.165) is 6.07 Å². The molecule has 1 saturated heterocycles. The Labute approximate surface area is 120 Å². The minimum Gasteiger partial charge on any atom is -0.497 e. The zero-order chi connectivity index (χ0) is 15.5. The summed E-state index contributed by atoms with van der Waals surface area (Å²) in [7, 11) is 1.39. The molecule has 1 fully saturated rings. The molecular formula is C14H18F4N2O. The maximum absolute atomic E-state index is 14.1. The van der Waals surface area contributed by atoms with Gasteiger partial charge in [-0.25, -0.2) is 4.39 Å². The van der Waals surface area contributed by atoms with Crippen LogP contribution in [0.25, 0.3) is 0 Å². The Morgan fingerprint density at radius 2 is 1.95 bits per heavy atom. The fourth-order valence-corrected chi connectivity index (χ4v) is 2.55. The van der Waals surface area contributed by atoms with Crippen LogP contribution in [-0.2, 0) is 0 Å². The van der Waals surface area contributed by atoms with Crippen molar-refractivity contribution >= 4 is 0 Å². The second-order valence-corrected chi connectivity index (χ2v) is 5.01. The molecule has 7 heteroatoms. The molecule has 0 aromatic heterocycles. The van der Waals surface area contributed by atoms with Crippen molar-refractivity contribution in [3.63, 3.8) is 0 Å². The summed E-state index contributed by atoms with van der Waals surface area (Å²) >= 11 is 0. The standard InChI is InChI=1S/C14H18F4N2O/c1-21-10-2-3-11(12(15)8-10)13(9-14(16,17)18)20-6-4-19-5-7-20/h2-3,8,13,19H,4-7,9H2,1H3/t13-/m0/s1. The second-order valence-electron chi connectivity index (χ2n) is 5.01. The van der Waals surface area contributed by atoms with Crippen LogP contribution in [0, 0.1) is 5.82 Å². The van der Waals surface area contributed by atoms with Crippen molar-refractivity contribution in [2.45, 2.75) is 18.6 Å². The van der Waals surface area contributed by atoms with Gasteiger partial charge in [-0.3, -0.25) is 4.90 Å². The molecule has 0 saturated carbocycles. The van der Waals surface area contributed by atoms with Crippen LogP contribution in [0.5, 0.6) is 5.75 Å². The topological polar surface area (TPSA) is 24.5 Å². The average molecular weight is 306 g/mol. The highest BCUT2D eigenvalue weighted by Gasteiger charge is 2.37. The van der Waals surface area contributed by atoms with Crippen molar-refractivity contribution in [1.29, 1.82) is 0 Å². The van der Waals surface area contributed by atoms with Gasteiger partial charge >= 0.3 is 6.18 Å². The van der Waals surface area contributed by atoms with E-state index in [1.54, 1.807) is 4.90 Å². The molecule has 1 atom stereocenters. The van der Waals surface area contributed by atoms with Crippen molar-refractivity contribution in [2.24, 2.45) is 0 Å². The molecule has 1 aliphatic heterocycles. The van der Waals surface area contributed by atoms with Gasteiger partial charge in [0.1, 0.15) is 11.6 Å². The molecule has 0 unspecified atom stereocenters. The van der Waals surface area contributed by atoms with E-state index in [1.165, 1.54) is 19.2 Å². The summed E-state index contributed by atoms with van der Waals surface area (Å²) < 4.78 is 57.5. The first-order valence-corrected chi connectivity index (χ1v) is 6.75. The zero-order valence-electron chi connectivity index (χ0n) is 11.7. The molecule has 1 aliphatic rings. The molecule has 1 aromatic carbocycles. The molecule has 1 heterocycles. The van der Waals surface area contributed by atoms with E-state index in [-0.39, 0.29) is 5.56 Å². The summed E-state index contributed by atoms with van der Waals surface area (Å²) in [6.45, 7) is 2.14. The maximum Gasteiger partial charge on any atom is 0.390 e. The lowest BCUT2D eigenvalue weighted by Gasteiger charge is -2.35. The van der Waals surface area contributed by atoms with Gasteiger partial charge in [0.2, 0.25) is 0 Å². The average Bonchev–Trinajstić information content (AvgIpc) is 2.45. The third-order valence-electron chi connectivity index (χ3n) is 3.58. The van der Waals surface area contributed by atoms with E-state index in [4.69, 9.17) is 4.74 Å². The molecule has 2 rings (SSSR count). The smallest absolute Gasteiger partial charge is 0.390 e. The fourth-order valence-electron chi connectivity index (χ4n) is 2.55. The van der Waals surface area contributed by atoms with Gasteiger partial charge in [-0.1, -0.05) is 6.07 Å². The lowest BCUT2D eigenvalue weighted by molar-refractivity contribution is -0.149. The number of hydrogen-bond donors (Lipinski definition) is 1. The van der Waals surface area contributed by atoms with E-state index in [2.05, 4.69) is 5.32 Å². The predicted molar refractivity (Wildman–Crippen MR) is 70.8 cm³/mol. The van der Waals surface area contributed by atoms with Crippen LogP contribution >= 0.6 is 0 Å². The van der Waals surface area contributed by atoms with Gasteiger partial charge in [-0.15, -0.1) is 0 Å². The summed E-state index contributed by atoms with van der Waals surface area (Å²) in [5.74, 6) is -0.371. The van der Waals surface area contributed by atoms with E-state index < -0.39 is 24.5 Å². The largest absolute Gasteiger partial charge is 0.497 e. The number of halogens is 4. The lowest BCUT2D eigenvalue weighted by atomic mass is 10.00. The molecular weight excluding hydrogens is 288 g/mol. The number of nitrogens with one attached hydrogen (secondary N) is 1. The first kappa shape index (κ1) is 16.0. The summed E-state index contributed by atoms with van der Waals surface area (Å²) in [4.78, 5) is 1.68. The van der Waals surface area contributed by atoms with Crippen molar-refractivity contribution in [3.8, 4) is 5.75 Å². The van der Waals surface area contributed by atoms with E-state index >= 15 is 0 Å². The van der Waals surface area contributed by atoms with Crippen LogP contribution in [0.4, 0.5) is 17.6 Å². The molecule has 1 N–H and O–H groups in total. The van der Waals surface area contributed by atoms with Gasteiger partial charge < -0.3 is 10.1 Å². The van der Waals surface area contributed by atoms with Crippen LogP contribution in [0.2, 0.25) is 0 Å². The molecule has 1 aromatic rings. The number of ether oxygens (including phenoxy) is 1. The van der Waals surface area contributed by atoms with Gasteiger partial charge in [-0.2, -0.15) is 13.2 Å². The number of benzene rings is 1. The number of methoxy groups -OCH3 is 1. The Hall–Kier alpha value is -1.34. The summed E-state index contributed by atoms with van der Waals surface area (Å²) in [6, 6.07) is 3.00. The Bertz CT molecular complexity index is 473. The number of piperazine rings is 1. The third-order valence-corrected chi connectivity index (χ3v) is 3.58. The molecule has 3 nitrogen and oxygen atoms in total. The molecule has 0 amide bonds. The van der Waals surface area contributed by atoms with Crippen molar-refractivity contribution in [3.05, 3.63) is 29.6 Å². The molecule has 0 aliphatic carbocycles. The number of nitrogens with zero attached hydrogens (tertiary/aromatic N) is 1. The number of rotatable bonds is 4. The zero-order valence-corrected chi connectivity index (χ0v) is 11.7. The molecule has 0 bridgehead atoms. The Morgan fingerprint density at radius 1 is 1.29 bits per heavy atom. The van der Waals surface area contributed by atoms with Crippen LogP contribution in [0.3, 0.4) is 0 Å². The highest BCUT2D eigenvalue weighted by atomic mass is 19.4. The second kappa shape index (κ2) is 6.62. The molecule has 0 spiro atoms. The third kappa shape index (κ3) is 4.31. The Morgan fingerprint density at radius 3 is 2.48 bits per heavy atom. The number of alkyl halides is 3. The SMILES string of the molecule is COc1ccc([C@H](CC(F)(F)F)N2CCNCC2)c(F)c1. The maximum atomic E-state index is 14.1. The normalized spacial score (nSPS) is 18.5. The van der Waals surface area contributed by atoms with Crippen molar-refractivity contribution in [1.82, 2.24) is 10.2 Å². The van der Waals surface area contributed by atoms with E-state index in [0.29, 0.717) is 31.9 Å². The van der Waals surface area contributed by atoms with Gasteiger partial charge in [0.15, 0.2) is 0 Å². The molecule has 0 radical (unpaired) electrons. The number of hydrogen-bond acceptors (Lipinski definition) is 3. The van der Waals surface area contributed by atoms with Crippen LogP contribution < -0.4 is 10.1 Å². The first-order valence-electron chi connectivity index (χ1n) is 6.75. The van der Waals surface area contributed by atoms with Gasteiger partial charge in [0, 0.05) is 43.9 Å².